The van der Waals surface area contributed by atoms with E-state index in [9.17, 15) is 14.4 Å². The number of nitrogens with zero attached hydrogens (tertiary/aromatic N) is 1. The SMILES string of the molecule is Cc1ccc(C)c(NC(=O)CN(C)C(=O)[C@@H](NC(=O)c2ccc(C(C)(C)C)cc2)C(C)C)c1. The summed E-state index contributed by atoms with van der Waals surface area (Å²) in [7, 11) is 1.57. The number of carbonyl (C=O) groups is 3. The summed E-state index contributed by atoms with van der Waals surface area (Å²) in [5.41, 5.74) is 4.34. The first-order valence-electron chi connectivity index (χ1n) is 11.3. The third-order valence-electron chi connectivity index (χ3n) is 5.66. The Morgan fingerprint density at radius 1 is 0.970 bits per heavy atom. The van der Waals surface area contributed by atoms with Crippen LogP contribution in [0.2, 0.25) is 0 Å². The van der Waals surface area contributed by atoms with E-state index >= 15 is 0 Å². The molecule has 0 aliphatic carbocycles. The van der Waals surface area contributed by atoms with Gasteiger partial charge in [0.25, 0.3) is 5.91 Å². The summed E-state index contributed by atoms with van der Waals surface area (Å²) in [6.07, 6.45) is 0. The molecule has 6 nitrogen and oxygen atoms in total. The number of nitrogens with one attached hydrogen (secondary N) is 2. The lowest BCUT2D eigenvalue weighted by Gasteiger charge is -2.27. The van der Waals surface area contributed by atoms with Crippen molar-refractivity contribution >= 4 is 23.4 Å². The summed E-state index contributed by atoms with van der Waals surface area (Å²) in [5.74, 6) is -1.04. The highest BCUT2D eigenvalue weighted by atomic mass is 16.2. The normalized spacial score (nSPS) is 12.3. The van der Waals surface area contributed by atoms with E-state index in [1.165, 1.54) is 4.90 Å². The topological polar surface area (TPSA) is 78.5 Å². The van der Waals surface area contributed by atoms with E-state index in [0.29, 0.717) is 5.56 Å². The zero-order valence-corrected chi connectivity index (χ0v) is 21.1. The van der Waals surface area contributed by atoms with Crippen molar-refractivity contribution in [2.24, 2.45) is 5.92 Å². The van der Waals surface area contributed by atoms with E-state index in [-0.39, 0.29) is 35.6 Å². The van der Waals surface area contributed by atoms with Gasteiger partial charge in [0.1, 0.15) is 6.04 Å². The number of rotatable bonds is 7. The Balaban J connectivity index is 2.05. The smallest absolute Gasteiger partial charge is 0.251 e. The molecule has 6 heteroatoms. The van der Waals surface area contributed by atoms with Crippen LogP contribution < -0.4 is 10.6 Å². The van der Waals surface area contributed by atoms with Gasteiger partial charge < -0.3 is 15.5 Å². The lowest BCUT2D eigenvalue weighted by molar-refractivity contribution is -0.135. The molecule has 0 saturated carbocycles. The highest BCUT2D eigenvalue weighted by Gasteiger charge is 2.28. The second-order valence-electron chi connectivity index (χ2n) is 10.1. The fourth-order valence-electron chi connectivity index (χ4n) is 3.45. The molecule has 178 valence electrons. The second-order valence-corrected chi connectivity index (χ2v) is 10.1. The molecule has 3 amide bonds. The molecule has 0 saturated heterocycles. The fraction of sp³-hybridized carbons (Fsp3) is 0.444. The predicted molar refractivity (Wildman–Crippen MR) is 133 cm³/mol. The molecule has 0 bridgehead atoms. The Morgan fingerprint density at radius 3 is 2.12 bits per heavy atom. The molecule has 2 N–H and O–H groups in total. The molecule has 33 heavy (non-hydrogen) atoms. The number of carbonyl (C=O) groups excluding carboxylic acids is 3. The minimum atomic E-state index is -0.738. The Hall–Kier alpha value is -3.15. The van der Waals surface area contributed by atoms with Crippen molar-refractivity contribution in [1.82, 2.24) is 10.2 Å². The van der Waals surface area contributed by atoms with Crippen molar-refractivity contribution < 1.29 is 14.4 Å². The summed E-state index contributed by atoms with van der Waals surface area (Å²) in [6.45, 7) is 13.8. The van der Waals surface area contributed by atoms with Gasteiger partial charge in [-0.2, -0.15) is 0 Å². The zero-order valence-electron chi connectivity index (χ0n) is 21.1. The number of hydrogen-bond donors (Lipinski definition) is 2. The third-order valence-corrected chi connectivity index (χ3v) is 5.66. The maximum atomic E-state index is 13.1. The largest absolute Gasteiger partial charge is 0.340 e. The molecule has 0 spiro atoms. The van der Waals surface area contributed by atoms with Crippen LogP contribution in [-0.4, -0.2) is 42.3 Å². The number of likely N-dealkylation sites (N-methyl/N-ethyl adjacent to an activating group) is 1. The van der Waals surface area contributed by atoms with Gasteiger partial charge in [-0.15, -0.1) is 0 Å². The minimum Gasteiger partial charge on any atom is -0.340 e. The van der Waals surface area contributed by atoms with E-state index in [4.69, 9.17) is 0 Å². The van der Waals surface area contributed by atoms with Crippen molar-refractivity contribution in [3.63, 3.8) is 0 Å². The molecule has 0 aromatic heterocycles. The molecule has 0 heterocycles. The molecule has 0 radical (unpaired) electrons. The van der Waals surface area contributed by atoms with Gasteiger partial charge in [-0.3, -0.25) is 14.4 Å². The molecule has 0 fully saturated rings. The predicted octanol–water partition coefficient (Wildman–Crippen LogP) is 4.45. The van der Waals surface area contributed by atoms with Crippen LogP contribution in [0.3, 0.4) is 0 Å². The van der Waals surface area contributed by atoms with E-state index < -0.39 is 6.04 Å². The average molecular weight is 452 g/mol. The second kappa shape index (κ2) is 10.6. The maximum Gasteiger partial charge on any atom is 0.251 e. The monoisotopic (exact) mass is 451 g/mol. The first-order valence-corrected chi connectivity index (χ1v) is 11.3. The molecule has 0 aliphatic rings. The van der Waals surface area contributed by atoms with Crippen molar-refractivity contribution in [1.29, 1.82) is 0 Å². The van der Waals surface area contributed by atoms with Crippen molar-refractivity contribution in [2.45, 2.75) is 59.9 Å². The average Bonchev–Trinajstić information content (AvgIpc) is 2.73. The number of anilines is 1. The van der Waals surface area contributed by atoms with Gasteiger partial charge in [-0.05, 0) is 60.1 Å². The minimum absolute atomic E-state index is 0.00822. The van der Waals surface area contributed by atoms with E-state index in [0.717, 1.165) is 22.4 Å². The molecule has 2 rings (SSSR count). The molecule has 1 atom stereocenters. The highest BCUT2D eigenvalue weighted by Crippen LogP contribution is 2.22. The van der Waals surface area contributed by atoms with Crippen LogP contribution >= 0.6 is 0 Å². The van der Waals surface area contributed by atoms with Gasteiger partial charge in [0, 0.05) is 18.3 Å². The van der Waals surface area contributed by atoms with Crippen LogP contribution in [0, 0.1) is 19.8 Å². The molecule has 0 unspecified atom stereocenters. The van der Waals surface area contributed by atoms with E-state index in [1.54, 1.807) is 19.2 Å². The quantitative estimate of drug-likeness (QED) is 0.653. The lowest BCUT2D eigenvalue weighted by Crippen LogP contribution is -2.51. The molecular formula is C27H37N3O3. The highest BCUT2D eigenvalue weighted by molar-refractivity contribution is 5.99. The summed E-state index contributed by atoms with van der Waals surface area (Å²) in [4.78, 5) is 39.8. The number of hydrogen-bond acceptors (Lipinski definition) is 3. The van der Waals surface area contributed by atoms with Gasteiger partial charge in [-0.1, -0.05) is 58.9 Å². The van der Waals surface area contributed by atoms with Crippen molar-refractivity contribution in [2.75, 3.05) is 18.9 Å². The Bertz CT molecular complexity index is 1000. The third kappa shape index (κ3) is 7.17. The van der Waals surface area contributed by atoms with Crippen LogP contribution in [-0.2, 0) is 15.0 Å². The van der Waals surface area contributed by atoms with Gasteiger partial charge in [0.05, 0.1) is 6.54 Å². The molecular weight excluding hydrogens is 414 g/mol. The Morgan fingerprint density at radius 2 is 1.58 bits per heavy atom. The van der Waals surface area contributed by atoms with Crippen molar-refractivity contribution in [3.8, 4) is 0 Å². The molecule has 0 aliphatic heterocycles. The van der Waals surface area contributed by atoms with Crippen LogP contribution in [0.15, 0.2) is 42.5 Å². The lowest BCUT2D eigenvalue weighted by atomic mass is 9.86. The fourth-order valence-corrected chi connectivity index (χ4v) is 3.45. The number of amides is 3. The maximum absolute atomic E-state index is 13.1. The molecule has 2 aromatic rings. The first kappa shape index (κ1) is 26.1. The summed E-state index contributed by atoms with van der Waals surface area (Å²) >= 11 is 0. The first-order chi connectivity index (χ1) is 15.3. The van der Waals surface area contributed by atoms with Gasteiger partial charge in [0.2, 0.25) is 11.8 Å². The standard InChI is InChI=1S/C27H37N3O3/c1-17(2)24(29-25(32)20-11-13-21(14-12-20)27(5,6)7)26(33)30(8)16-23(31)28-22-15-18(3)9-10-19(22)4/h9-15,17,24H,16H2,1-8H3,(H,28,31)(H,29,32)/t24-/m0/s1. The summed E-state index contributed by atoms with van der Waals surface area (Å²) < 4.78 is 0. The summed E-state index contributed by atoms with van der Waals surface area (Å²) in [5, 5.41) is 5.72. The van der Waals surface area contributed by atoms with Crippen LogP contribution in [0.5, 0.6) is 0 Å². The Labute approximate surface area is 197 Å². The number of benzene rings is 2. The Kier molecular flexibility index (Phi) is 8.42. The van der Waals surface area contributed by atoms with Crippen LogP contribution in [0.1, 0.15) is 61.7 Å². The van der Waals surface area contributed by atoms with Gasteiger partial charge in [0.15, 0.2) is 0 Å². The van der Waals surface area contributed by atoms with Crippen LogP contribution in [0.4, 0.5) is 5.69 Å². The van der Waals surface area contributed by atoms with Crippen LogP contribution in [0.25, 0.3) is 0 Å². The van der Waals surface area contributed by atoms with Gasteiger partial charge in [-0.25, -0.2) is 0 Å². The number of aryl methyl sites for hydroxylation is 2. The van der Waals surface area contributed by atoms with Gasteiger partial charge >= 0.3 is 0 Å². The zero-order chi connectivity index (χ0) is 24.9. The van der Waals surface area contributed by atoms with E-state index in [1.807, 2.05) is 58.0 Å². The van der Waals surface area contributed by atoms with Crippen molar-refractivity contribution in [3.05, 3.63) is 64.7 Å². The van der Waals surface area contributed by atoms with E-state index in [2.05, 4.69) is 31.4 Å². The summed E-state index contributed by atoms with van der Waals surface area (Å²) in [6, 6.07) is 12.5. The molecule has 2 aromatic carbocycles.